The summed E-state index contributed by atoms with van der Waals surface area (Å²) in [4.78, 5) is 11.2. The molecule has 1 heterocycles. The lowest BCUT2D eigenvalue weighted by Crippen LogP contribution is -2.10. The fourth-order valence-corrected chi connectivity index (χ4v) is 2.33. The summed E-state index contributed by atoms with van der Waals surface area (Å²) in [7, 11) is 0. The molecule has 3 N–H and O–H groups in total. The number of carbonyl (C=O) groups is 1. The molecule has 0 saturated heterocycles. The van der Waals surface area contributed by atoms with Crippen molar-refractivity contribution in [3.63, 3.8) is 0 Å². The van der Waals surface area contributed by atoms with E-state index in [1.165, 1.54) is 11.8 Å². The van der Waals surface area contributed by atoms with Crippen LogP contribution in [0.1, 0.15) is 37.6 Å². The molecule has 0 aliphatic rings. The molecule has 0 fully saturated rings. The van der Waals surface area contributed by atoms with Crippen LogP contribution in [-0.2, 0) is 6.54 Å². The fourth-order valence-electron chi connectivity index (χ4n) is 1.44. The summed E-state index contributed by atoms with van der Waals surface area (Å²) in [5.74, 6) is 0.474. The smallest absolute Gasteiger partial charge is 0.342 e. The van der Waals surface area contributed by atoms with Crippen molar-refractivity contribution >= 4 is 23.5 Å². The Morgan fingerprint density at radius 1 is 1.59 bits per heavy atom. The second-order valence-electron chi connectivity index (χ2n) is 4.29. The van der Waals surface area contributed by atoms with E-state index in [4.69, 9.17) is 10.8 Å². The van der Waals surface area contributed by atoms with Crippen LogP contribution in [-0.4, -0.2) is 26.6 Å². The highest BCUT2D eigenvalue weighted by atomic mass is 32.2. The summed E-state index contributed by atoms with van der Waals surface area (Å²) in [5.41, 5.74) is 5.97. The summed E-state index contributed by atoms with van der Waals surface area (Å²) >= 11 is 1.44. The van der Waals surface area contributed by atoms with Crippen molar-refractivity contribution in [3.8, 4) is 0 Å². The molecule has 0 saturated carbocycles. The third-order valence-electron chi connectivity index (χ3n) is 2.15. The Bertz CT molecular complexity index is 402. The molecule has 0 aliphatic heterocycles. The molecule has 0 aliphatic carbocycles. The number of thioether (sulfide) groups is 1. The molecule has 5 nitrogen and oxygen atoms in total. The van der Waals surface area contributed by atoms with Crippen molar-refractivity contribution in [2.75, 3.05) is 11.5 Å². The van der Waals surface area contributed by atoms with Crippen LogP contribution in [0.3, 0.4) is 0 Å². The summed E-state index contributed by atoms with van der Waals surface area (Å²) < 4.78 is 1.59. The Balaban J connectivity index is 3.06. The number of carboxylic acids is 1. The summed E-state index contributed by atoms with van der Waals surface area (Å²) in [6.45, 7) is 6.77. The van der Waals surface area contributed by atoms with Gasteiger partial charge in [-0.05, 0) is 18.1 Å². The SMILES string of the molecule is CCCSc1nn(CC(C)C)c(N)c1C(=O)O. The number of aromatic carboxylic acids is 1. The van der Waals surface area contributed by atoms with E-state index in [-0.39, 0.29) is 11.4 Å². The van der Waals surface area contributed by atoms with Gasteiger partial charge in [0, 0.05) is 6.54 Å². The van der Waals surface area contributed by atoms with E-state index in [9.17, 15) is 4.79 Å². The van der Waals surface area contributed by atoms with Gasteiger partial charge in [0.1, 0.15) is 16.4 Å². The van der Waals surface area contributed by atoms with Gasteiger partial charge in [0.2, 0.25) is 0 Å². The minimum absolute atomic E-state index is 0.143. The summed E-state index contributed by atoms with van der Waals surface area (Å²) in [5, 5.41) is 14.0. The van der Waals surface area contributed by atoms with Gasteiger partial charge in [0.05, 0.1) is 0 Å². The first-order valence-electron chi connectivity index (χ1n) is 5.69. The van der Waals surface area contributed by atoms with Gasteiger partial charge < -0.3 is 10.8 Å². The van der Waals surface area contributed by atoms with Gasteiger partial charge in [-0.15, -0.1) is 11.8 Å². The van der Waals surface area contributed by atoms with Crippen molar-refractivity contribution in [1.29, 1.82) is 0 Å². The van der Waals surface area contributed by atoms with E-state index < -0.39 is 5.97 Å². The van der Waals surface area contributed by atoms with Crippen molar-refractivity contribution in [2.45, 2.75) is 38.8 Å². The molecule has 0 radical (unpaired) electrons. The normalized spacial score (nSPS) is 11.1. The molecule has 96 valence electrons. The van der Waals surface area contributed by atoms with E-state index in [0.717, 1.165) is 12.2 Å². The number of hydrogen-bond donors (Lipinski definition) is 2. The number of nitrogen functional groups attached to an aromatic ring is 1. The van der Waals surface area contributed by atoms with Crippen LogP contribution in [0.4, 0.5) is 5.82 Å². The maximum absolute atomic E-state index is 11.2. The minimum Gasteiger partial charge on any atom is -0.477 e. The van der Waals surface area contributed by atoms with Crippen LogP contribution in [0.25, 0.3) is 0 Å². The first-order chi connectivity index (χ1) is 7.97. The van der Waals surface area contributed by atoms with Crippen molar-refractivity contribution in [2.24, 2.45) is 5.92 Å². The molecule has 0 aromatic carbocycles. The number of carboxylic acid groups (broad SMARTS) is 1. The largest absolute Gasteiger partial charge is 0.477 e. The van der Waals surface area contributed by atoms with E-state index in [0.29, 0.717) is 17.5 Å². The number of rotatable bonds is 6. The van der Waals surface area contributed by atoms with E-state index in [1.54, 1.807) is 4.68 Å². The molecule has 6 heteroatoms. The minimum atomic E-state index is -1.00. The fraction of sp³-hybridized carbons (Fsp3) is 0.636. The molecular formula is C11H19N3O2S. The van der Waals surface area contributed by atoms with E-state index in [1.807, 2.05) is 20.8 Å². The highest BCUT2D eigenvalue weighted by Crippen LogP contribution is 2.27. The van der Waals surface area contributed by atoms with Gasteiger partial charge >= 0.3 is 5.97 Å². The number of anilines is 1. The van der Waals surface area contributed by atoms with Gasteiger partial charge in [0.25, 0.3) is 0 Å². The van der Waals surface area contributed by atoms with Gasteiger partial charge in [0.15, 0.2) is 0 Å². The molecule has 0 bridgehead atoms. The van der Waals surface area contributed by atoms with E-state index in [2.05, 4.69) is 5.10 Å². The monoisotopic (exact) mass is 257 g/mol. The molecule has 0 atom stereocenters. The van der Waals surface area contributed by atoms with Crippen LogP contribution in [0, 0.1) is 5.92 Å². The third-order valence-corrected chi connectivity index (χ3v) is 3.33. The number of nitrogens with two attached hydrogens (primary N) is 1. The Morgan fingerprint density at radius 2 is 2.24 bits per heavy atom. The quantitative estimate of drug-likeness (QED) is 0.764. The number of hydrogen-bond acceptors (Lipinski definition) is 4. The Morgan fingerprint density at radius 3 is 2.71 bits per heavy atom. The predicted octanol–water partition coefficient (Wildman–Crippen LogP) is 2.32. The van der Waals surface area contributed by atoms with Crippen molar-refractivity contribution in [1.82, 2.24) is 9.78 Å². The highest BCUT2D eigenvalue weighted by Gasteiger charge is 2.21. The van der Waals surface area contributed by atoms with Crippen LogP contribution in [0.15, 0.2) is 5.03 Å². The maximum atomic E-state index is 11.2. The van der Waals surface area contributed by atoms with Crippen LogP contribution < -0.4 is 5.73 Å². The Hall–Kier alpha value is -1.17. The average molecular weight is 257 g/mol. The zero-order chi connectivity index (χ0) is 13.0. The number of nitrogens with zero attached hydrogens (tertiary/aromatic N) is 2. The molecule has 17 heavy (non-hydrogen) atoms. The molecular weight excluding hydrogens is 238 g/mol. The Kier molecular flexibility index (Phi) is 4.86. The highest BCUT2D eigenvalue weighted by molar-refractivity contribution is 7.99. The molecule has 1 aromatic rings. The molecule has 1 rings (SSSR count). The molecule has 0 amide bonds. The van der Waals surface area contributed by atoms with Gasteiger partial charge in [-0.1, -0.05) is 20.8 Å². The molecule has 0 unspecified atom stereocenters. The van der Waals surface area contributed by atoms with Gasteiger partial charge in [-0.3, -0.25) is 0 Å². The maximum Gasteiger partial charge on any atom is 0.342 e. The Labute approximate surface area is 105 Å². The topological polar surface area (TPSA) is 81.1 Å². The van der Waals surface area contributed by atoms with E-state index >= 15 is 0 Å². The molecule has 0 spiro atoms. The molecule has 1 aromatic heterocycles. The zero-order valence-electron chi connectivity index (χ0n) is 10.4. The number of aromatic nitrogens is 2. The second kappa shape index (κ2) is 5.95. The summed E-state index contributed by atoms with van der Waals surface area (Å²) in [6, 6.07) is 0. The van der Waals surface area contributed by atoms with Gasteiger partial charge in [-0.2, -0.15) is 5.10 Å². The van der Waals surface area contributed by atoms with Crippen LogP contribution in [0.2, 0.25) is 0 Å². The van der Waals surface area contributed by atoms with Crippen molar-refractivity contribution < 1.29 is 9.90 Å². The first-order valence-corrected chi connectivity index (χ1v) is 6.68. The zero-order valence-corrected chi connectivity index (χ0v) is 11.3. The van der Waals surface area contributed by atoms with Crippen LogP contribution in [0.5, 0.6) is 0 Å². The average Bonchev–Trinajstić information content (AvgIpc) is 2.52. The third kappa shape index (κ3) is 3.39. The second-order valence-corrected chi connectivity index (χ2v) is 5.38. The lowest BCUT2D eigenvalue weighted by atomic mass is 10.2. The summed E-state index contributed by atoms with van der Waals surface area (Å²) in [6.07, 6.45) is 0.973. The standard InChI is InChI=1S/C11H19N3O2S/c1-4-5-17-10-8(11(15)16)9(12)14(13-10)6-7(2)3/h7H,4-6,12H2,1-3H3,(H,15,16). The lowest BCUT2D eigenvalue weighted by molar-refractivity contribution is 0.0694. The van der Waals surface area contributed by atoms with Crippen LogP contribution >= 0.6 is 11.8 Å². The predicted molar refractivity (Wildman–Crippen MR) is 69.5 cm³/mol. The van der Waals surface area contributed by atoms with Gasteiger partial charge in [-0.25, -0.2) is 9.48 Å². The van der Waals surface area contributed by atoms with Crippen molar-refractivity contribution in [3.05, 3.63) is 5.56 Å². The first kappa shape index (κ1) is 13.9. The lowest BCUT2D eigenvalue weighted by Gasteiger charge is -2.06.